The average molecular weight is 292 g/mol. The Hall–Kier alpha value is 0.980. The normalized spacial score (nSPS) is 12.5. The number of ketones is 1. The van der Waals surface area contributed by atoms with Crippen molar-refractivity contribution in [3.63, 3.8) is 0 Å². The van der Waals surface area contributed by atoms with Gasteiger partial charge in [0.2, 0.25) is 0 Å². The van der Waals surface area contributed by atoms with E-state index in [1.165, 1.54) is 0 Å². The molecule has 0 bridgehead atoms. The van der Waals surface area contributed by atoms with Crippen LogP contribution in [-0.4, -0.2) is 28.9 Å². The average Bonchev–Trinajstić information content (AvgIpc) is 1.63. The number of hydrogen-bond acceptors (Lipinski definition) is 1. The molecule has 0 aromatic heterocycles. The quantitative estimate of drug-likeness (QED) is 0.444. The topological polar surface area (TPSA) is 17.1 Å². The molecule has 10 heavy (non-hydrogen) atoms. The van der Waals surface area contributed by atoms with Crippen molar-refractivity contribution < 1.29 is 21.8 Å². The fourth-order valence-corrected chi connectivity index (χ4v) is 2.82. The van der Waals surface area contributed by atoms with E-state index in [9.17, 15) is 4.79 Å². The second kappa shape index (κ2) is 6.68. The molecule has 4 heteroatoms. The predicted molar refractivity (Wildman–Crippen MR) is 47.5 cm³/mol. The Morgan fingerprint density at radius 1 is 1.60 bits per heavy atom. The van der Waals surface area contributed by atoms with Crippen LogP contribution in [0.2, 0.25) is 0 Å². The SMILES string of the molecule is CC(=O)C(Br)C[S+](C)C.[Br-]. The summed E-state index contributed by atoms with van der Waals surface area (Å²) in [5, 5.41) is 0. The van der Waals surface area contributed by atoms with E-state index in [4.69, 9.17) is 0 Å². The van der Waals surface area contributed by atoms with E-state index in [0.717, 1.165) is 5.75 Å². The summed E-state index contributed by atoms with van der Waals surface area (Å²) in [6.07, 6.45) is 4.27. The van der Waals surface area contributed by atoms with Crippen LogP contribution in [0.5, 0.6) is 0 Å². The largest absolute Gasteiger partial charge is 1.00 e. The van der Waals surface area contributed by atoms with E-state index in [0.29, 0.717) is 10.9 Å². The molecule has 0 rings (SSSR count). The molecule has 0 amide bonds. The lowest BCUT2D eigenvalue weighted by atomic mass is 10.3. The molecular formula is C6H12Br2OS. The first-order valence-corrected chi connectivity index (χ1v) is 5.85. The first-order valence-electron chi connectivity index (χ1n) is 2.72. The molecule has 1 atom stereocenters. The van der Waals surface area contributed by atoms with E-state index in [-0.39, 0.29) is 27.6 Å². The highest BCUT2D eigenvalue weighted by Gasteiger charge is 2.16. The maximum absolute atomic E-state index is 10.6. The Morgan fingerprint density at radius 3 is 2.10 bits per heavy atom. The van der Waals surface area contributed by atoms with Gasteiger partial charge in [-0.15, -0.1) is 0 Å². The van der Waals surface area contributed by atoms with Gasteiger partial charge in [-0.05, 0) is 17.8 Å². The Morgan fingerprint density at radius 2 is 2.00 bits per heavy atom. The molecule has 0 radical (unpaired) electrons. The lowest BCUT2D eigenvalue weighted by Gasteiger charge is -2.00. The molecule has 0 fully saturated rings. The van der Waals surface area contributed by atoms with Crippen molar-refractivity contribution in [3.05, 3.63) is 0 Å². The second-order valence-corrected chi connectivity index (χ2v) is 5.64. The molecule has 0 aliphatic carbocycles. The van der Waals surface area contributed by atoms with Crippen LogP contribution in [0.4, 0.5) is 0 Å². The first kappa shape index (κ1) is 13.6. The van der Waals surface area contributed by atoms with Gasteiger partial charge in [0.05, 0.1) is 12.5 Å². The van der Waals surface area contributed by atoms with Crippen molar-refractivity contribution in [1.82, 2.24) is 0 Å². The van der Waals surface area contributed by atoms with Crippen LogP contribution < -0.4 is 17.0 Å². The van der Waals surface area contributed by atoms with Crippen molar-refractivity contribution in [2.45, 2.75) is 11.8 Å². The lowest BCUT2D eigenvalue weighted by Crippen LogP contribution is -3.00. The molecule has 0 N–H and O–H groups in total. The smallest absolute Gasteiger partial charge is 0.148 e. The van der Waals surface area contributed by atoms with Gasteiger partial charge in [0, 0.05) is 0 Å². The fourth-order valence-electron chi connectivity index (χ4n) is 0.410. The number of rotatable bonds is 3. The maximum Gasteiger partial charge on any atom is 0.148 e. The van der Waals surface area contributed by atoms with Gasteiger partial charge in [-0.1, -0.05) is 15.9 Å². The van der Waals surface area contributed by atoms with Gasteiger partial charge in [-0.2, -0.15) is 0 Å². The van der Waals surface area contributed by atoms with E-state index in [1.807, 2.05) is 0 Å². The Kier molecular flexibility index (Phi) is 9.05. The van der Waals surface area contributed by atoms with E-state index in [1.54, 1.807) is 6.92 Å². The zero-order valence-corrected chi connectivity index (χ0v) is 10.3. The molecule has 1 nitrogen and oxygen atoms in total. The summed E-state index contributed by atoms with van der Waals surface area (Å²) in [6.45, 7) is 1.62. The molecule has 0 aromatic carbocycles. The van der Waals surface area contributed by atoms with Crippen molar-refractivity contribution in [1.29, 1.82) is 0 Å². The summed E-state index contributed by atoms with van der Waals surface area (Å²) in [5.74, 6) is 1.20. The summed E-state index contributed by atoms with van der Waals surface area (Å²) in [6, 6.07) is 0. The molecule has 0 saturated heterocycles. The minimum absolute atomic E-state index is 0. The second-order valence-electron chi connectivity index (χ2n) is 2.23. The third kappa shape index (κ3) is 7.09. The fraction of sp³-hybridized carbons (Fsp3) is 0.833. The monoisotopic (exact) mass is 290 g/mol. The summed E-state index contributed by atoms with van der Waals surface area (Å²) in [5.41, 5.74) is 0. The summed E-state index contributed by atoms with van der Waals surface area (Å²) < 4.78 is 0. The van der Waals surface area contributed by atoms with Crippen LogP contribution in [0.1, 0.15) is 6.92 Å². The Labute approximate surface area is 84.2 Å². The minimum Gasteiger partial charge on any atom is -1.00 e. The zero-order chi connectivity index (χ0) is 7.44. The molecular weight excluding hydrogens is 280 g/mol. The van der Waals surface area contributed by atoms with E-state index in [2.05, 4.69) is 28.4 Å². The standard InChI is InChI=1S/C6H12BrOS.BrH/c1-5(8)6(7)4-9(2)3;/h6H,4H2,1-3H3;1H/q+1;/p-1. The highest BCUT2D eigenvalue weighted by atomic mass is 79.9. The number of hydrogen-bond donors (Lipinski definition) is 0. The van der Waals surface area contributed by atoms with Crippen LogP contribution >= 0.6 is 15.9 Å². The number of halogens is 2. The predicted octanol–water partition coefficient (Wildman–Crippen LogP) is -1.78. The molecule has 0 aromatic rings. The van der Waals surface area contributed by atoms with Gasteiger partial charge >= 0.3 is 0 Å². The van der Waals surface area contributed by atoms with Crippen molar-refractivity contribution in [2.75, 3.05) is 18.3 Å². The van der Waals surface area contributed by atoms with Gasteiger partial charge in [-0.25, -0.2) is 0 Å². The third-order valence-electron chi connectivity index (χ3n) is 0.921. The van der Waals surface area contributed by atoms with Crippen LogP contribution in [0.25, 0.3) is 0 Å². The molecule has 0 heterocycles. The Bertz CT molecular complexity index is 106. The summed E-state index contributed by atoms with van der Waals surface area (Å²) in [7, 11) is 0.366. The van der Waals surface area contributed by atoms with Gasteiger partial charge < -0.3 is 17.0 Å². The van der Waals surface area contributed by atoms with Crippen LogP contribution in [0.15, 0.2) is 0 Å². The van der Waals surface area contributed by atoms with Crippen LogP contribution in [-0.2, 0) is 15.7 Å². The maximum atomic E-state index is 10.6. The minimum atomic E-state index is 0. The Balaban J connectivity index is 0. The van der Waals surface area contributed by atoms with Crippen LogP contribution in [0.3, 0.4) is 0 Å². The number of alkyl halides is 1. The zero-order valence-electron chi connectivity index (χ0n) is 6.36. The highest BCUT2D eigenvalue weighted by molar-refractivity contribution is 9.10. The first-order chi connectivity index (χ1) is 4.04. The van der Waals surface area contributed by atoms with E-state index >= 15 is 0 Å². The summed E-state index contributed by atoms with van der Waals surface area (Å²) in [4.78, 5) is 10.7. The molecule has 62 valence electrons. The van der Waals surface area contributed by atoms with Crippen molar-refractivity contribution in [2.24, 2.45) is 0 Å². The molecule has 0 aliphatic heterocycles. The number of carbonyl (C=O) groups excluding carboxylic acids is 1. The molecule has 1 unspecified atom stereocenters. The molecule has 0 spiro atoms. The van der Waals surface area contributed by atoms with Gasteiger partial charge in [-0.3, -0.25) is 4.79 Å². The third-order valence-corrected chi connectivity index (χ3v) is 3.32. The highest BCUT2D eigenvalue weighted by Crippen LogP contribution is 2.03. The molecule has 0 saturated carbocycles. The lowest BCUT2D eigenvalue weighted by molar-refractivity contribution is -0.116. The van der Waals surface area contributed by atoms with Crippen LogP contribution in [0, 0.1) is 0 Å². The summed E-state index contributed by atoms with van der Waals surface area (Å²) >= 11 is 3.30. The van der Waals surface area contributed by atoms with Gasteiger partial charge in [0.1, 0.15) is 16.4 Å². The van der Waals surface area contributed by atoms with Crippen molar-refractivity contribution in [3.8, 4) is 0 Å². The van der Waals surface area contributed by atoms with E-state index < -0.39 is 0 Å². The number of Topliss-reactive ketones (excluding diaryl/α,β-unsaturated/α-hetero) is 1. The van der Waals surface area contributed by atoms with Gasteiger partial charge in [0.15, 0.2) is 0 Å². The van der Waals surface area contributed by atoms with Gasteiger partial charge in [0.25, 0.3) is 0 Å². The molecule has 0 aliphatic rings. The van der Waals surface area contributed by atoms with Crippen molar-refractivity contribution >= 4 is 32.6 Å². The number of carbonyl (C=O) groups is 1.